The predicted octanol–water partition coefficient (Wildman–Crippen LogP) is 9.30. The molecule has 0 rings (SSSR count). The van der Waals surface area contributed by atoms with Crippen LogP contribution in [0.1, 0.15) is 149 Å². The average Bonchev–Trinajstić information content (AvgIpc) is 3.09. The van der Waals surface area contributed by atoms with Crippen LogP contribution in [0, 0.1) is 0 Å². The van der Waals surface area contributed by atoms with Gasteiger partial charge in [0, 0.05) is 19.3 Å². The number of carbonyl (C=O) groups excluding carboxylic acids is 3. The van der Waals surface area contributed by atoms with Crippen LogP contribution < -0.4 is 5.11 Å². The zero-order valence-corrected chi connectivity index (χ0v) is 33.7. The van der Waals surface area contributed by atoms with Gasteiger partial charge in [0.1, 0.15) is 12.6 Å². The molecule has 8 heteroatoms. The molecule has 0 aliphatic rings. The molecule has 52 heavy (non-hydrogen) atoms. The van der Waals surface area contributed by atoms with Gasteiger partial charge in [-0.3, -0.25) is 9.59 Å². The molecule has 0 spiro atoms. The number of ether oxygens (including phenoxy) is 3. The Hall–Kier alpha value is -2.97. The molecule has 0 heterocycles. The standard InChI is InChI=1S/C44H75NO7/c1-6-8-10-12-14-16-18-20-21-23-24-26-28-30-32-34-42(46)51-39-40(38-50-37-36-41(44(48)49)45(3,4)5)52-43(47)35-33-31-29-27-25-22-19-17-15-13-11-9-7-2/h9,11,13,15,17,19,22,25,27,29,40-41H,6-8,10,12,14,16,18,20-21,23-24,26,28,30-39H2,1-5H3/b11-9+,15-13+,19-17+,25-22+,29-27+. The molecule has 0 aliphatic heterocycles. The highest BCUT2D eigenvalue weighted by atomic mass is 16.6. The largest absolute Gasteiger partial charge is 0.544 e. The number of carboxylic acids is 1. The zero-order valence-electron chi connectivity index (χ0n) is 33.7. The molecular weight excluding hydrogens is 654 g/mol. The molecule has 2 unspecified atom stereocenters. The van der Waals surface area contributed by atoms with Crippen molar-refractivity contribution in [2.75, 3.05) is 41.0 Å². The van der Waals surface area contributed by atoms with Crippen LogP contribution in [0.5, 0.6) is 0 Å². The number of allylic oxidation sites excluding steroid dienone is 10. The minimum atomic E-state index is -1.14. The minimum Gasteiger partial charge on any atom is -0.544 e. The van der Waals surface area contributed by atoms with Crippen molar-refractivity contribution in [1.29, 1.82) is 0 Å². The Bertz CT molecular complexity index is 1040. The van der Waals surface area contributed by atoms with Crippen molar-refractivity contribution in [1.82, 2.24) is 0 Å². The molecule has 0 aliphatic carbocycles. The topological polar surface area (TPSA) is 102 Å². The summed E-state index contributed by atoms with van der Waals surface area (Å²) in [5.74, 6) is -1.84. The van der Waals surface area contributed by atoms with Gasteiger partial charge >= 0.3 is 11.9 Å². The van der Waals surface area contributed by atoms with Gasteiger partial charge in [-0.1, -0.05) is 164 Å². The maximum Gasteiger partial charge on any atom is 0.306 e. The van der Waals surface area contributed by atoms with Crippen LogP contribution in [0.15, 0.2) is 60.8 Å². The number of hydrogen-bond donors (Lipinski definition) is 0. The van der Waals surface area contributed by atoms with Crippen molar-refractivity contribution in [3.8, 4) is 0 Å². The van der Waals surface area contributed by atoms with E-state index in [0.29, 0.717) is 12.8 Å². The minimum absolute atomic E-state index is 0.0111. The number of esters is 2. The number of rotatable bonds is 35. The average molecular weight is 730 g/mol. The fraction of sp³-hybridized carbons (Fsp3) is 0.705. The molecule has 298 valence electrons. The number of quaternary nitrogens is 1. The highest BCUT2D eigenvalue weighted by molar-refractivity contribution is 5.70. The molecule has 0 aromatic carbocycles. The predicted molar refractivity (Wildman–Crippen MR) is 212 cm³/mol. The third kappa shape index (κ3) is 32.9. The van der Waals surface area contributed by atoms with Crippen molar-refractivity contribution < 1.29 is 38.2 Å². The third-order valence-electron chi connectivity index (χ3n) is 8.80. The lowest BCUT2D eigenvalue weighted by Gasteiger charge is -2.34. The SMILES string of the molecule is CC/C=C/C=C/C=C/C=C/C=C/CCCC(=O)OC(COCCC(C(=O)[O-])[N+](C)(C)C)COC(=O)CCCCCCCCCCCCCCCCC. The van der Waals surface area contributed by atoms with Gasteiger partial charge in [-0.15, -0.1) is 0 Å². The summed E-state index contributed by atoms with van der Waals surface area (Å²) in [6.45, 7) is 4.43. The Balaban J connectivity index is 4.48. The summed E-state index contributed by atoms with van der Waals surface area (Å²) < 4.78 is 17.0. The first-order chi connectivity index (χ1) is 25.1. The van der Waals surface area contributed by atoms with Gasteiger partial charge in [0.25, 0.3) is 0 Å². The van der Waals surface area contributed by atoms with E-state index in [2.05, 4.69) is 19.9 Å². The van der Waals surface area contributed by atoms with Crippen LogP contribution in [0.25, 0.3) is 0 Å². The summed E-state index contributed by atoms with van der Waals surface area (Å²) in [7, 11) is 5.37. The van der Waals surface area contributed by atoms with Crippen molar-refractivity contribution in [2.45, 2.75) is 161 Å². The quantitative estimate of drug-likeness (QED) is 0.0277. The first kappa shape index (κ1) is 49.0. The molecule has 0 amide bonds. The number of unbranched alkanes of at least 4 members (excludes halogenated alkanes) is 15. The molecule has 0 aromatic heterocycles. The van der Waals surface area contributed by atoms with Crippen LogP contribution in [-0.2, 0) is 28.6 Å². The number of carbonyl (C=O) groups is 3. The number of hydrogen-bond acceptors (Lipinski definition) is 7. The summed E-state index contributed by atoms with van der Waals surface area (Å²) in [4.78, 5) is 36.7. The maximum absolute atomic E-state index is 12.6. The summed E-state index contributed by atoms with van der Waals surface area (Å²) >= 11 is 0. The van der Waals surface area contributed by atoms with Gasteiger partial charge in [0.05, 0.1) is 40.3 Å². The van der Waals surface area contributed by atoms with E-state index < -0.39 is 18.1 Å². The lowest BCUT2D eigenvalue weighted by Crippen LogP contribution is -2.55. The lowest BCUT2D eigenvalue weighted by molar-refractivity contribution is -0.889. The summed E-state index contributed by atoms with van der Waals surface area (Å²) in [6, 6.07) is -0.738. The van der Waals surface area contributed by atoms with Gasteiger partial charge in [0.15, 0.2) is 6.10 Å². The van der Waals surface area contributed by atoms with Gasteiger partial charge < -0.3 is 28.6 Å². The molecule has 0 saturated carbocycles. The van der Waals surface area contributed by atoms with Crippen LogP contribution in [0.2, 0.25) is 0 Å². The van der Waals surface area contributed by atoms with Crippen molar-refractivity contribution in [3.63, 3.8) is 0 Å². The van der Waals surface area contributed by atoms with E-state index in [4.69, 9.17) is 14.2 Å². The Morgan fingerprint density at radius 2 is 1.08 bits per heavy atom. The van der Waals surface area contributed by atoms with E-state index in [1.807, 2.05) is 54.7 Å². The Morgan fingerprint density at radius 3 is 1.58 bits per heavy atom. The molecule has 0 saturated heterocycles. The Kier molecular flexibility index (Phi) is 33.1. The maximum atomic E-state index is 12.6. The van der Waals surface area contributed by atoms with Gasteiger partial charge in [-0.05, 0) is 25.7 Å². The van der Waals surface area contributed by atoms with Crippen LogP contribution in [0.4, 0.5) is 0 Å². The van der Waals surface area contributed by atoms with E-state index in [0.717, 1.165) is 32.1 Å². The van der Waals surface area contributed by atoms with E-state index in [1.54, 1.807) is 21.1 Å². The molecule has 0 radical (unpaired) electrons. The summed E-state index contributed by atoms with van der Waals surface area (Å²) in [6.07, 6.45) is 41.1. The van der Waals surface area contributed by atoms with Crippen LogP contribution >= 0.6 is 0 Å². The second-order valence-corrected chi connectivity index (χ2v) is 14.6. The molecule has 8 nitrogen and oxygen atoms in total. The normalized spacial score (nSPS) is 13.6. The molecule has 0 N–H and O–H groups in total. The fourth-order valence-corrected chi connectivity index (χ4v) is 5.63. The molecular formula is C44H75NO7. The summed E-state index contributed by atoms with van der Waals surface area (Å²) in [5.41, 5.74) is 0. The highest BCUT2D eigenvalue weighted by Gasteiger charge is 2.25. The molecule has 0 fully saturated rings. The second kappa shape index (κ2) is 35.1. The van der Waals surface area contributed by atoms with E-state index in [-0.39, 0.29) is 49.1 Å². The fourth-order valence-electron chi connectivity index (χ4n) is 5.63. The third-order valence-corrected chi connectivity index (χ3v) is 8.80. The van der Waals surface area contributed by atoms with Crippen molar-refractivity contribution in [2.24, 2.45) is 0 Å². The van der Waals surface area contributed by atoms with Gasteiger partial charge in [-0.2, -0.15) is 0 Å². The van der Waals surface area contributed by atoms with Crippen LogP contribution in [-0.4, -0.2) is 75.5 Å². The monoisotopic (exact) mass is 730 g/mol. The van der Waals surface area contributed by atoms with Gasteiger partial charge in [0.2, 0.25) is 0 Å². The molecule has 0 bridgehead atoms. The first-order valence-electron chi connectivity index (χ1n) is 20.4. The molecule has 0 aromatic rings. The number of likely N-dealkylation sites (N-methyl/N-ethyl adjacent to an activating group) is 1. The molecule has 2 atom stereocenters. The first-order valence-corrected chi connectivity index (χ1v) is 20.4. The second-order valence-electron chi connectivity index (χ2n) is 14.6. The zero-order chi connectivity index (χ0) is 38.5. The van der Waals surface area contributed by atoms with Crippen molar-refractivity contribution in [3.05, 3.63) is 60.8 Å². The van der Waals surface area contributed by atoms with Crippen LogP contribution in [0.3, 0.4) is 0 Å². The van der Waals surface area contributed by atoms with E-state index in [1.165, 1.54) is 77.0 Å². The number of nitrogens with zero attached hydrogens (tertiary/aromatic N) is 1. The lowest BCUT2D eigenvalue weighted by atomic mass is 10.0. The highest BCUT2D eigenvalue weighted by Crippen LogP contribution is 2.14. The van der Waals surface area contributed by atoms with E-state index >= 15 is 0 Å². The smallest absolute Gasteiger partial charge is 0.306 e. The van der Waals surface area contributed by atoms with Crippen molar-refractivity contribution >= 4 is 17.9 Å². The Labute approximate surface area is 318 Å². The number of aliphatic carboxylic acids is 1. The van der Waals surface area contributed by atoms with Gasteiger partial charge in [-0.25, -0.2) is 0 Å². The van der Waals surface area contributed by atoms with E-state index in [9.17, 15) is 19.5 Å². The Morgan fingerprint density at radius 1 is 0.596 bits per heavy atom. The summed E-state index contributed by atoms with van der Waals surface area (Å²) in [5, 5.41) is 11.6. The number of carboxylic acid groups (broad SMARTS) is 1.